The summed E-state index contributed by atoms with van der Waals surface area (Å²) in [5, 5.41) is 8.36. The lowest BCUT2D eigenvalue weighted by atomic mass is 9.87. The Morgan fingerprint density at radius 3 is 2.35 bits per heavy atom. The molecule has 2 aliphatic rings. The number of ether oxygens (including phenoxy) is 2. The van der Waals surface area contributed by atoms with Crippen molar-refractivity contribution in [2.24, 2.45) is 11.7 Å². The third kappa shape index (κ3) is 5.28. The number of methoxy groups -OCH3 is 2. The number of carbonyl (C=O) groups excluding carboxylic acids is 2. The van der Waals surface area contributed by atoms with Gasteiger partial charge < -0.3 is 25.4 Å². The van der Waals surface area contributed by atoms with Gasteiger partial charge in [0, 0.05) is 30.8 Å². The molecule has 2 amide bonds. The van der Waals surface area contributed by atoms with Crippen LogP contribution in [-0.2, 0) is 17.6 Å². The van der Waals surface area contributed by atoms with Gasteiger partial charge in [-0.05, 0) is 61.8 Å². The van der Waals surface area contributed by atoms with Gasteiger partial charge in [0.1, 0.15) is 28.6 Å². The van der Waals surface area contributed by atoms with Gasteiger partial charge >= 0.3 is 0 Å². The number of benzene rings is 2. The number of carbonyl (C=O) groups is 2. The topological polar surface area (TPSA) is 112 Å². The van der Waals surface area contributed by atoms with E-state index in [4.69, 9.17) is 20.3 Å². The van der Waals surface area contributed by atoms with Crippen molar-refractivity contribution in [1.82, 2.24) is 14.7 Å². The molecule has 3 aromatic rings. The largest absolute Gasteiger partial charge is 0.496 e. The highest BCUT2D eigenvalue weighted by atomic mass is 16.5. The number of nitrogens with two attached hydrogens (primary N) is 1. The number of hydrogen-bond acceptors (Lipinski definition) is 6. The first-order valence-corrected chi connectivity index (χ1v) is 13.8. The average molecular weight is 544 g/mol. The summed E-state index contributed by atoms with van der Waals surface area (Å²) >= 11 is 0. The number of rotatable bonds is 9. The van der Waals surface area contributed by atoms with Crippen molar-refractivity contribution in [1.29, 1.82) is 0 Å². The van der Waals surface area contributed by atoms with E-state index in [-0.39, 0.29) is 11.9 Å². The van der Waals surface area contributed by atoms with E-state index in [2.05, 4.69) is 24.0 Å². The smallest absolute Gasteiger partial charge is 0.254 e. The highest BCUT2D eigenvalue weighted by Crippen LogP contribution is 2.42. The van der Waals surface area contributed by atoms with Crippen LogP contribution in [-0.4, -0.2) is 60.3 Å². The third-order valence-corrected chi connectivity index (χ3v) is 8.16. The number of primary amides is 1. The quantitative estimate of drug-likeness (QED) is 0.391. The minimum absolute atomic E-state index is 0.0306. The molecular formula is C31H37N5O4. The fourth-order valence-corrected chi connectivity index (χ4v) is 6.09. The first-order chi connectivity index (χ1) is 19.4. The van der Waals surface area contributed by atoms with Crippen LogP contribution >= 0.6 is 0 Å². The van der Waals surface area contributed by atoms with Crippen LogP contribution in [0, 0.1) is 5.92 Å². The number of nitrogens with one attached hydrogen (secondary N) is 1. The van der Waals surface area contributed by atoms with Crippen molar-refractivity contribution in [3.05, 3.63) is 71.8 Å². The Balaban J connectivity index is 1.49. The van der Waals surface area contributed by atoms with Crippen LogP contribution in [0.4, 0.5) is 5.82 Å². The maximum atomic E-state index is 12.8. The molecule has 2 aliphatic heterocycles. The lowest BCUT2D eigenvalue weighted by Crippen LogP contribution is -2.41. The van der Waals surface area contributed by atoms with E-state index in [1.165, 1.54) is 11.6 Å². The number of fused-ring (bicyclic) bond motifs is 1. The van der Waals surface area contributed by atoms with Gasteiger partial charge in [-0.25, -0.2) is 4.68 Å². The summed E-state index contributed by atoms with van der Waals surface area (Å²) in [6, 6.07) is 14.2. The normalized spacial score (nSPS) is 17.1. The highest BCUT2D eigenvalue weighted by Gasteiger charge is 2.36. The predicted molar refractivity (Wildman–Crippen MR) is 155 cm³/mol. The molecule has 210 valence electrons. The van der Waals surface area contributed by atoms with Crippen LogP contribution in [0.3, 0.4) is 0 Å². The van der Waals surface area contributed by atoms with Gasteiger partial charge in [0.2, 0.25) is 5.91 Å². The van der Waals surface area contributed by atoms with Crippen molar-refractivity contribution in [2.45, 2.75) is 38.1 Å². The Morgan fingerprint density at radius 1 is 1.07 bits per heavy atom. The minimum Gasteiger partial charge on any atom is -0.496 e. The zero-order chi connectivity index (χ0) is 28.2. The molecule has 0 spiro atoms. The van der Waals surface area contributed by atoms with Crippen LogP contribution in [0.15, 0.2) is 55.1 Å². The van der Waals surface area contributed by atoms with E-state index >= 15 is 0 Å². The first-order valence-electron chi connectivity index (χ1n) is 13.8. The SMILES string of the molecule is C=CC(=O)N1CCC(C2CCNc3c(C(N)=O)c(-c4cc(OC)c(CCc5ccccc5)c(OC)c4)nn32)CC1. The summed E-state index contributed by atoms with van der Waals surface area (Å²) in [7, 11) is 3.28. The molecular weight excluding hydrogens is 506 g/mol. The van der Waals surface area contributed by atoms with Crippen molar-refractivity contribution < 1.29 is 19.1 Å². The molecule has 9 nitrogen and oxygen atoms in total. The second-order valence-electron chi connectivity index (χ2n) is 10.4. The Hall–Kier alpha value is -4.27. The number of piperidine rings is 1. The molecule has 3 heterocycles. The molecule has 40 heavy (non-hydrogen) atoms. The third-order valence-electron chi connectivity index (χ3n) is 8.16. The number of amides is 2. The number of aryl methyl sites for hydroxylation is 1. The number of hydrogen-bond donors (Lipinski definition) is 2. The lowest BCUT2D eigenvalue weighted by Gasteiger charge is -2.38. The van der Waals surface area contributed by atoms with E-state index in [1.54, 1.807) is 14.2 Å². The van der Waals surface area contributed by atoms with Gasteiger partial charge in [-0.2, -0.15) is 5.10 Å². The maximum absolute atomic E-state index is 12.8. The Bertz CT molecular complexity index is 1370. The summed E-state index contributed by atoms with van der Waals surface area (Å²) in [5.74, 6) is 1.76. The Kier molecular flexibility index (Phi) is 8.09. The van der Waals surface area contributed by atoms with E-state index in [1.807, 2.05) is 39.9 Å². The summed E-state index contributed by atoms with van der Waals surface area (Å²) in [5.41, 5.74) is 9.71. The molecule has 5 rings (SSSR count). The fourth-order valence-electron chi connectivity index (χ4n) is 6.09. The molecule has 0 radical (unpaired) electrons. The Labute approximate surface area is 234 Å². The van der Waals surface area contributed by atoms with Gasteiger partial charge in [0.25, 0.3) is 5.91 Å². The summed E-state index contributed by atoms with van der Waals surface area (Å²) in [4.78, 5) is 26.7. The zero-order valence-corrected chi connectivity index (χ0v) is 23.2. The van der Waals surface area contributed by atoms with E-state index < -0.39 is 5.91 Å². The van der Waals surface area contributed by atoms with E-state index in [9.17, 15) is 9.59 Å². The summed E-state index contributed by atoms with van der Waals surface area (Å²) < 4.78 is 13.6. The van der Waals surface area contributed by atoms with Gasteiger partial charge in [-0.3, -0.25) is 9.59 Å². The standard InChI is InChI=1S/C31H37N5O4/c1-4-27(37)35-16-13-21(14-17-35)24-12-15-33-31-28(30(32)38)29(34-36(24)31)22-18-25(39-2)23(26(19-22)40-3)11-10-20-8-6-5-7-9-20/h4-9,18-19,21,24,33H,1,10-17H2,2-3H3,(H2,32,38). The number of anilines is 1. The Morgan fingerprint density at radius 2 is 1.75 bits per heavy atom. The second-order valence-corrected chi connectivity index (χ2v) is 10.4. The molecule has 2 aromatic carbocycles. The van der Waals surface area contributed by atoms with Crippen molar-refractivity contribution in [2.75, 3.05) is 39.2 Å². The molecule has 1 fully saturated rings. The molecule has 0 saturated carbocycles. The molecule has 1 aromatic heterocycles. The maximum Gasteiger partial charge on any atom is 0.254 e. The predicted octanol–water partition coefficient (Wildman–Crippen LogP) is 4.23. The molecule has 1 saturated heterocycles. The monoisotopic (exact) mass is 543 g/mol. The van der Waals surface area contributed by atoms with Gasteiger partial charge in [0.05, 0.1) is 20.3 Å². The summed E-state index contributed by atoms with van der Waals surface area (Å²) in [6.45, 7) is 5.70. The van der Waals surface area contributed by atoms with Gasteiger partial charge in [-0.15, -0.1) is 0 Å². The van der Waals surface area contributed by atoms with Crippen LogP contribution in [0.25, 0.3) is 11.3 Å². The highest BCUT2D eigenvalue weighted by molar-refractivity contribution is 6.04. The number of nitrogens with zero attached hydrogens (tertiary/aromatic N) is 3. The average Bonchev–Trinajstić information content (AvgIpc) is 3.40. The van der Waals surface area contributed by atoms with E-state index in [0.29, 0.717) is 59.7 Å². The number of likely N-dealkylation sites (tertiary alicyclic amines) is 1. The van der Waals surface area contributed by atoms with Crippen LogP contribution < -0.4 is 20.5 Å². The van der Waals surface area contributed by atoms with Crippen molar-refractivity contribution in [3.63, 3.8) is 0 Å². The molecule has 0 bridgehead atoms. The first kappa shape index (κ1) is 27.3. The van der Waals surface area contributed by atoms with Crippen LogP contribution in [0.2, 0.25) is 0 Å². The van der Waals surface area contributed by atoms with Crippen molar-refractivity contribution >= 4 is 17.6 Å². The molecule has 0 aliphatic carbocycles. The van der Waals surface area contributed by atoms with Crippen LogP contribution in [0.5, 0.6) is 11.5 Å². The number of aromatic nitrogens is 2. The molecule has 1 atom stereocenters. The fraction of sp³-hybridized carbons (Fsp3) is 0.387. The molecule has 9 heteroatoms. The van der Waals surface area contributed by atoms with Gasteiger partial charge in [-0.1, -0.05) is 36.9 Å². The summed E-state index contributed by atoms with van der Waals surface area (Å²) in [6.07, 6.45) is 5.54. The second kappa shape index (κ2) is 11.9. The zero-order valence-electron chi connectivity index (χ0n) is 23.2. The van der Waals surface area contributed by atoms with E-state index in [0.717, 1.165) is 37.7 Å². The molecule has 3 N–H and O–H groups in total. The van der Waals surface area contributed by atoms with Crippen molar-refractivity contribution in [3.8, 4) is 22.8 Å². The van der Waals surface area contributed by atoms with Gasteiger partial charge in [0.15, 0.2) is 0 Å². The minimum atomic E-state index is -0.540. The molecule has 1 unspecified atom stereocenters. The lowest BCUT2D eigenvalue weighted by molar-refractivity contribution is -0.127. The van der Waals surface area contributed by atoms with Crippen LogP contribution in [0.1, 0.15) is 46.8 Å².